The number of carboxylic acid groups (broad SMARTS) is 2. The molecule has 0 saturated carbocycles. The van der Waals surface area contributed by atoms with E-state index in [2.05, 4.69) is 5.32 Å². The van der Waals surface area contributed by atoms with Gasteiger partial charge in [0.05, 0.1) is 0 Å². The van der Waals surface area contributed by atoms with E-state index in [9.17, 15) is 9.59 Å². The predicted octanol–water partition coefficient (Wildman–Crippen LogP) is -0.616. The van der Waals surface area contributed by atoms with Gasteiger partial charge in [-0.1, -0.05) is 0 Å². The van der Waals surface area contributed by atoms with Crippen LogP contribution in [-0.2, 0) is 9.59 Å². The molecule has 1 aliphatic rings. The standard InChI is InChI=1S/C9H16N2O4/c10-6(8(12)13)3-1-5-2-4-7(11-5)9(14)15/h5-7,11H,1-4,10H2,(H,12,13)(H,14,15)/t5-,6-,7-/m0/s1. The van der Waals surface area contributed by atoms with E-state index in [1.165, 1.54) is 0 Å². The molecule has 1 saturated heterocycles. The summed E-state index contributed by atoms with van der Waals surface area (Å²) in [7, 11) is 0. The van der Waals surface area contributed by atoms with Crippen molar-refractivity contribution in [2.24, 2.45) is 5.73 Å². The molecule has 0 amide bonds. The minimum Gasteiger partial charge on any atom is -0.480 e. The summed E-state index contributed by atoms with van der Waals surface area (Å²) >= 11 is 0. The third kappa shape index (κ3) is 3.49. The van der Waals surface area contributed by atoms with Crippen molar-refractivity contribution in [3.05, 3.63) is 0 Å². The van der Waals surface area contributed by atoms with Crippen LogP contribution in [0.3, 0.4) is 0 Å². The lowest BCUT2D eigenvalue weighted by Gasteiger charge is -2.13. The monoisotopic (exact) mass is 216 g/mol. The van der Waals surface area contributed by atoms with Crippen LogP contribution < -0.4 is 11.1 Å². The van der Waals surface area contributed by atoms with Gasteiger partial charge in [-0.3, -0.25) is 9.59 Å². The topological polar surface area (TPSA) is 113 Å². The average molecular weight is 216 g/mol. The SMILES string of the molecule is N[C@@H](CC[C@H]1CC[C@@H](C(=O)O)N1)C(=O)O. The summed E-state index contributed by atoms with van der Waals surface area (Å²) in [5.74, 6) is -1.86. The van der Waals surface area contributed by atoms with Crippen molar-refractivity contribution in [3.8, 4) is 0 Å². The van der Waals surface area contributed by atoms with Crippen LogP contribution in [0, 0.1) is 0 Å². The van der Waals surface area contributed by atoms with Crippen LogP contribution in [-0.4, -0.2) is 40.3 Å². The van der Waals surface area contributed by atoms with Crippen LogP contribution in [0.2, 0.25) is 0 Å². The molecule has 0 aliphatic carbocycles. The maximum Gasteiger partial charge on any atom is 0.320 e. The van der Waals surface area contributed by atoms with E-state index in [0.717, 1.165) is 6.42 Å². The molecule has 0 aromatic carbocycles. The van der Waals surface area contributed by atoms with Gasteiger partial charge in [0, 0.05) is 6.04 Å². The fourth-order valence-corrected chi connectivity index (χ4v) is 1.75. The predicted molar refractivity (Wildman–Crippen MR) is 52.4 cm³/mol. The number of carbonyl (C=O) groups is 2. The first kappa shape index (κ1) is 11.9. The fourth-order valence-electron chi connectivity index (χ4n) is 1.75. The lowest BCUT2D eigenvalue weighted by molar-refractivity contribution is -0.140. The van der Waals surface area contributed by atoms with Crippen LogP contribution in [0.25, 0.3) is 0 Å². The molecular weight excluding hydrogens is 200 g/mol. The van der Waals surface area contributed by atoms with Crippen molar-refractivity contribution in [2.45, 2.75) is 43.8 Å². The number of hydrogen-bond donors (Lipinski definition) is 4. The molecule has 1 heterocycles. The molecule has 0 unspecified atom stereocenters. The van der Waals surface area contributed by atoms with Crippen molar-refractivity contribution in [2.75, 3.05) is 0 Å². The first-order valence-corrected chi connectivity index (χ1v) is 4.98. The number of hydrogen-bond acceptors (Lipinski definition) is 4. The van der Waals surface area contributed by atoms with Crippen LogP contribution in [0.1, 0.15) is 25.7 Å². The van der Waals surface area contributed by atoms with Gasteiger partial charge in [-0.2, -0.15) is 0 Å². The molecule has 0 aromatic heterocycles. The molecular formula is C9H16N2O4. The highest BCUT2D eigenvalue weighted by Crippen LogP contribution is 2.17. The molecule has 0 radical (unpaired) electrons. The van der Waals surface area contributed by atoms with Crippen molar-refractivity contribution in [3.63, 3.8) is 0 Å². The van der Waals surface area contributed by atoms with Gasteiger partial charge in [-0.25, -0.2) is 0 Å². The van der Waals surface area contributed by atoms with Crippen LogP contribution in [0.5, 0.6) is 0 Å². The summed E-state index contributed by atoms with van der Waals surface area (Å²) in [6.45, 7) is 0. The largest absolute Gasteiger partial charge is 0.480 e. The fraction of sp³-hybridized carbons (Fsp3) is 0.778. The van der Waals surface area contributed by atoms with E-state index in [1.54, 1.807) is 0 Å². The molecule has 86 valence electrons. The van der Waals surface area contributed by atoms with E-state index in [4.69, 9.17) is 15.9 Å². The quantitative estimate of drug-likeness (QED) is 0.487. The van der Waals surface area contributed by atoms with Crippen LogP contribution in [0.4, 0.5) is 0 Å². The third-order valence-electron chi connectivity index (χ3n) is 2.68. The van der Waals surface area contributed by atoms with Crippen LogP contribution >= 0.6 is 0 Å². The van der Waals surface area contributed by atoms with Gasteiger partial charge in [-0.15, -0.1) is 0 Å². The van der Waals surface area contributed by atoms with Gasteiger partial charge < -0.3 is 21.3 Å². The molecule has 6 heteroatoms. The number of nitrogens with two attached hydrogens (primary N) is 1. The lowest BCUT2D eigenvalue weighted by atomic mass is 10.1. The van der Waals surface area contributed by atoms with Crippen LogP contribution in [0.15, 0.2) is 0 Å². The Morgan fingerprint density at radius 3 is 2.53 bits per heavy atom. The van der Waals surface area contributed by atoms with Gasteiger partial charge in [0.25, 0.3) is 0 Å². The molecule has 0 spiro atoms. The van der Waals surface area contributed by atoms with Crippen molar-refractivity contribution >= 4 is 11.9 Å². The smallest absolute Gasteiger partial charge is 0.320 e. The van der Waals surface area contributed by atoms with Gasteiger partial charge in [0.1, 0.15) is 12.1 Å². The number of aliphatic carboxylic acids is 2. The highest BCUT2D eigenvalue weighted by Gasteiger charge is 2.29. The normalized spacial score (nSPS) is 27.5. The molecule has 0 bridgehead atoms. The van der Waals surface area contributed by atoms with E-state index in [1.807, 2.05) is 0 Å². The second-order valence-corrected chi connectivity index (χ2v) is 3.85. The minimum atomic E-state index is -1.01. The molecule has 1 aliphatic heterocycles. The Morgan fingerprint density at radius 1 is 1.40 bits per heavy atom. The van der Waals surface area contributed by atoms with Gasteiger partial charge in [0.2, 0.25) is 0 Å². The molecule has 0 aromatic rings. The molecule has 1 fully saturated rings. The first-order valence-electron chi connectivity index (χ1n) is 4.98. The second kappa shape index (κ2) is 5.09. The summed E-state index contributed by atoms with van der Waals surface area (Å²) in [5.41, 5.74) is 5.35. The number of rotatable bonds is 5. The highest BCUT2D eigenvalue weighted by molar-refractivity contribution is 5.74. The Labute approximate surface area is 87.5 Å². The molecule has 1 rings (SSSR count). The Hall–Kier alpha value is -1.14. The highest BCUT2D eigenvalue weighted by atomic mass is 16.4. The Morgan fingerprint density at radius 2 is 2.07 bits per heavy atom. The van der Waals surface area contributed by atoms with Gasteiger partial charge >= 0.3 is 11.9 Å². The molecule has 6 nitrogen and oxygen atoms in total. The van der Waals surface area contributed by atoms with E-state index in [0.29, 0.717) is 19.3 Å². The van der Waals surface area contributed by atoms with Crippen molar-refractivity contribution in [1.82, 2.24) is 5.32 Å². The first-order chi connectivity index (χ1) is 7.00. The zero-order valence-electron chi connectivity index (χ0n) is 8.35. The minimum absolute atomic E-state index is 0.0801. The number of carboxylic acids is 2. The van der Waals surface area contributed by atoms with Crippen molar-refractivity contribution in [1.29, 1.82) is 0 Å². The van der Waals surface area contributed by atoms with Gasteiger partial charge in [-0.05, 0) is 25.7 Å². The summed E-state index contributed by atoms with van der Waals surface area (Å²) in [6, 6.07) is -1.26. The maximum atomic E-state index is 10.6. The molecule has 15 heavy (non-hydrogen) atoms. The third-order valence-corrected chi connectivity index (χ3v) is 2.68. The lowest BCUT2D eigenvalue weighted by Crippen LogP contribution is -2.37. The Bertz CT molecular complexity index is 256. The molecule has 3 atom stereocenters. The van der Waals surface area contributed by atoms with E-state index in [-0.39, 0.29) is 6.04 Å². The Balaban J connectivity index is 2.25. The number of nitrogens with one attached hydrogen (secondary N) is 1. The Kier molecular flexibility index (Phi) is 4.05. The zero-order chi connectivity index (χ0) is 11.4. The van der Waals surface area contributed by atoms with E-state index < -0.39 is 24.0 Å². The maximum absolute atomic E-state index is 10.6. The summed E-state index contributed by atoms with van der Waals surface area (Å²) < 4.78 is 0. The average Bonchev–Trinajstić information content (AvgIpc) is 2.62. The summed E-state index contributed by atoms with van der Waals surface area (Å²) in [5, 5.41) is 20.2. The van der Waals surface area contributed by atoms with Gasteiger partial charge in [0.15, 0.2) is 0 Å². The molecule has 5 N–H and O–H groups in total. The van der Waals surface area contributed by atoms with E-state index >= 15 is 0 Å². The summed E-state index contributed by atoms with van der Waals surface area (Å²) in [4.78, 5) is 21.0. The van der Waals surface area contributed by atoms with Crippen molar-refractivity contribution < 1.29 is 19.8 Å². The second-order valence-electron chi connectivity index (χ2n) is 3.85. The zero-order valence-corrected chi connectivity index (χ0v) is 8.35. The summed E-state index contributed by atoms with van der Waals surface area (Å²) in [6.07, 6.45) is 2.35.